The van der Waals surface area contributed by atoms with Crippen molar-refractivity contribution in [2.75, 3.05) is 23.3 Å². The molecule has 1 aliphatic carbocycles. The zero-order chi connectivity index (χ0) is 17.5. The van der Waals surface area contributed by atoms with Gasteiger partial charge in [0.2, 0.25) is 0 Å². The molecule has 1 saturated heterocycles. The summed E-state index contributed by atoms with van der Waals surface area (Å²) in [6.45, 7) is 1.45. The lowest BCUT2D eigenvalue weighted by Gasteiger charge is -2.27. The molecule has 2 fully saturated rings. The summed E-state index contributed by atoms with van der Waals surface area (Å²) in [7, 11) is 0. The Kier molecular flexibility index (Phi) is 3.48. The number of benzene rings is 1. The highest BCUT2D eigenvalue weighted by molar-refractivity contribution is 5.93. The third-order valence-electron chi connectivity index (χ3n) is 4.80. The number of anilines is 3. The lowest BCUT2D eigenvalue weighted by atomic mass is 10.2. The lowest BCUT2D eigenvalue weighted by molar-refractivity contribution is 0.243. The number of nitrogens with one attached hydrogen (secondary N) is 2. The van der Waals surface area contributed by atoms with Crippen LogP contribution >= 0.6 is 0 Å². The van der Waals surface area contributed by atoms with E-state index in [1.807, 2.05) is 30.6 Å². The highest BCUT2D eigenvalue weighted by Gasteiger charge is 2.26. The zero-order valence-electron chi connectivity index (χ0n) is 14.2. The van der Waals surface area contributed by atoms with Gasteiger partial charge >= 0.3 is 6.03 Å². The van der Waals surface area contributed by atoms with Gasteiger partial charge in [0.1, 0.15) is 6.33 Å². The minimum absolute atomic E-state index is 0.0546. The molecule has 2 N–H and O–H groups in total. The molecular weight excluding hydrogens is 330 g/mol. The molecule has 5 rings (SSSR count). The van der Waals surface area contributed by atoms with Gasteiger partial charge in [0.05, 0.1) is 6.33 Å². The Bertz CT molecular complexity index is 979. The first-order chi connectivity index (χ1) is 12.8. The van der Waals surface area contributed by atoms with Crippen LogP contribution in [0.2, 0.25) is 0 Å². The van der Waals surface area contributed by atoms with Crippen molar-refractivity contribution in [3.8, 4) is 0 Å². The number of nitrogens with zero attached hydrogens (tertiary/aromatic N) is 5. The second-order valence-corrected chi connectivity index (χ2v) is 6.69. The lowest BCUT2D eigenvalue weighted by Crippen LogP contribution is -2.46. The van der Waals surface area contributed by atoms with Gasteiger partial charge in [0.15, 0.2) is 17.0 Å². The zero-order valence-corrected chi connectivity index (χ0v) is 14.2. The highest BCUT2D eigenvalue weighted by Crippen LogP contribution is 2.37. The van der Waals surface area contributed by atoms with E-state index in [1.165, 1.54) is 12.8 Å². The second kappa shape index (κ2) is 5.98. The predicted octanol–water partition coefficient (Wildman–Crippen LogP) is 2.82. The Morgan fingerprint density at radius 2 is 2.12 bits per heavy atom. The van der Waals surface area contributed by atoms with Gasteiger partial charge in [-0.15, -0.1) is 0 Å². The Labute approximate surface area is 150 Å². The van der Waals surface area contributed by atoms with Gasteiger partial charge in [0, 0.05) is 30.5 Å². The summed E-state index contributed by atoms with van der Waals surface area (Å²) in [5, 5.41) is 6.20. The molecule has 132 valence electrons. The molecule has 2 aromatic heterocycles. The van der Waals surface area contributed by atoms with E-state index in [9.17, 15) is 4.79 Å². The third kappa shape index (κ3) is 2.63. The van der Waals surface area contributed by atoms with Gasteiger partial charge in [0.25, 0.3) is 0 Å². The number of imidazole rings is 1. The third-order valence-corrected chi connectivity index (χ3v) is 4.80. The Hall–Kier alpha value is -3.16. The van der Waals surface area contributed by atoms with E-state index < -0.39 is 0 Å². The molecule has 0 bridgehead atoms. The molecule has 1 aromatic carbocycles. The van der Waals surface area contributed by atoms with Crippen LogP contribution in [0, 0.1) is 0 Å². The van der Waals surface area contributed by atoms with Crippen molar-refractivity contribution in [2.24, 2.45) is 0 Å². The molecule has 8 nitrogen and oxygen atoms in total. The summed E-state index contributed by atoms with van der Waals surface area (Å²) in [6.07, 6.45) is 6.70. The van der Waals surface area contributed by atoms with Crippen molar-refractivity contribution in [1.29, 1.82) is 0 Å². The van der Waals surface area contributed by atoms with E-state index in [-0.39, 0.29) is 6.03 Å². The maximum absolute atomic E-state index is 12.1. The van der Waals surface area contributed by atoms with Gasteiger partial charge in [-0.3, -0.25) is 4.90 Å². The van der Waals surface area contributed by atoms with E-state index in [2.05, 4.69) is 30.2 Å². The Morgan fingerprint density at radius 3 is 2.96 bits per heavy atom. The van der Waals surface area contributed by atoms with Gasteiger partial charge in [-0.05, 0) is 37.5 Å². The van der Waals surface area contributed by atoms with Crippen LogP contribution in [-0.2, 0) is 0 Å². The summed E-state index contributed by atoms with van der Waals surface area (Å²) in [4.78, 5) is 27.1. The molecule has 0 radical (unpaired) electrons. The molecular formula is C18H19N7O. The monoisotopic (exact) mass is 349 g/mol. The highest BCUT2D eigenvalue weighted by atomic mass is 16.2. The van der Waals surface area contributed by atoms with Crippen molar-refractivity contribution >= 4 is 34.4 Å². The fourth-order valence-electron chi connectivity index (χ4n) is 3.33. The first-order valence-corrected chi connectivity index (χ1v) is 8.89. The summed E-state index contributed by atoms with van der Waals surface area (Å²) in [6, 6.07) is 8.24. The summed E-state index contributed by atoms with van der Waals surface area (Å²) in [5.41, 5.74) is 3.35. The maximum atomic E-state index is 12.1. The average Bonchev–Trinajstić information content (AvgIpc) is 3.41. The van der Waals surface area contributed by atoms with Gasteiger partial charge in [-0.1, -0.05) is 6.07 Å². The van der Waals surface area contributed by atoms with Crippen LogP contribution in [0.1, 0.15) is 25.3 Å². The van der Waals surface area contributed by atoms with Crippen molar-refractivity contribution < 1.29 is 4.79 Å². The molecule has 1 saturated carbocycles. The molecule has 2 amide bonds. The molecule has 3 aromatic rings. The quantitative estimate of drug-likeness (QED) is 0.756. The van der Waals surface area contributed by atoms with Crippen molar-refractivity contribution in [3.05, 3.63) is 36.9 Å². The first kappa shape index (κ1) is 15.1. The molecule has 0 atom stereocenters. The minimum atomic E-state index is -0.0546. The number of hydrogen-bond acceptors (Lipinski definition) is 5. The van der Waals surface area contributed by atoms with Crippen LogP contribution in [-0.4, -0.2) is 38.6 Å². The van der Waals surface area contributed by atoms with Gasteiger partial charge in [-0.2, -0.15) is 0 Å². The van der Waals surface area contributed by atoms with Crippen LogP contribution in [0.4, 0.5) is 22.0 Å². The smallest absolute Gasteiger partial charge is 0.321 e. The molecule has 2 aliphatic rings. The number of carbonyl (C=O) groups is 1. The van der Waals surface area contributed by atoms with E-state index in [0.717, 1.165) is 42.0 Å². The van der Waals surface area contributed by atoms with Crippen LogP contribution in [0.3, 0.4) is 0 Å². The number of urea groups is 1. The number of aromatic nitrogens is 4. The molecule has 0 spiro atoms. The SMILES string of the molecule is O=C1NCCCN1c1cccc(Nc2ncnc3c2ncn3C2CC2)c1. The normalized spacial score (nSPS) is 17.4. The maximum Gasteiger partial charge on any atom is 0.321 e. The van der Waals surface area contributed by atoms with Gasteiger partial charge in [-0.25, -0.2) is 19.7 Å². The number of hydrogen-bond donors (Lipinski definition) is 2. The average molecular weight is 349 g/mol. The van der Waals surface area contributed by atoms with Crippen LogP contribution < -0.4 is 15.5 Å². The Balaban J connectivity index is 1.45. The number of rotatable bonds is 4. The van der Waals surface area contributed by atoms with Crippen LogP contribution in [0.15, 0.2) is 36.9 Å². The van der Waals surface area contributed by atoms with E-state index >= 15 is 0 Å². The molecule has 26 heavy (non-hydrogen) atoms. The topological polar surface area (TPSA) is 88.0 Å². The van der Waals surface area contributed by atoms with E-state index in [1.54, 1.807) is 11.2 Å². The standard InChI is InChI=1S/C18H19N7O/c26-18-19-7-2-8-24(18)14-4-1-3-12(9-14)23-16-15-17(21-10-20-16)25(11-22-15)13-5-6-13/h1,3-4,9-11,13H,2,5-8H2,(H,19,26)(H,20,21,23). The summed E-state index contributed by atoms with van der Waals surface area (Å²) in [5.74, 6) is 0.676. The number of amides is 2. The number of fused-ring (bicyclic) bond motifs is 1. The summed E-state index contributed by atoms with van der Waals surface area (Å²) < 4.78 is 2.12. The van der Waals surface area contributed by atoms with Gasteiger partial charge < -0.3 is 15.2 Å². The Morgan fingerprint density at radius 1 is 1.19 bits per heavy atom. The minimum Gasteiger partial charge on any atom is -0.338 e. The fraction of sp³-hybridized carbons (Fsp3) is 0.333. The number of carbonyl (C=O) groups excluding carboxylic acids is 1. The summed E-state index contributed by atoms with van der Waals surface area (Å²) >= 11 is 0. The molecule has 0 unspecified atom stereocenters. The fourth-order valence-corrected chi connectivity index (χ4v) is 3.33. The van der Waals surface area contributed by atoms with E-state index in [4.69, 9.17) is 0 Å². The van der Waals surface area contributed by atoms with Crippen molar-refractivity contribution in [2.45, 2.75) is 25.3 Å². The van der Waals surface area contributed by atoms with Crippen molar-refractivity contribution in [1.82, 2.24) is 24.8 Å². The van der Waals surface area contributed by atoms with Crippen LogP contribution in [0.5, 0.6) is 0 Å². The molecule has 3 heterocycles. The first-order valence-electron chi connectivity index (χ1n) is 8.89. The van der Waals surface area contributed by atoms with Crippen molar-refractivity contribution in [3.63, 3.8) is 0 Å². The molecule has 1 aliphatic heterocycles. The largest absolute Gasteiger partial charge is 0.338 e. The van der Waals surface area contributed by atoms with E-state index in [0.29, 0.717) is 11.9 Å². The van der Waals surface area contributed by atoms with Crippen LogP contribution in [0.25, 0.3) is 11.2 Å². The second-order valence-electron chi connectivity index (χ2n) is 6.69. The molecule has 8 heteroatoms. The predicted molar refractivity (Wildman–Crippen MR) is 98.7 cm³/mol.